The zero-order valence-corrected chi connectivity index (χ0v) is 10.4. The quantitative estimate of drug-likeness (QED) is 0.672. The van der Waals surface area contributed by atoms with Gasteiger partial charge in [0.1, 0.15) is 0 Å². The highest BCUT2D eigenvalue weighted by atomic mass is 32.1. The third-order valence-corrected chi connectivity index (χ3v) is 2.46. The van der Waals surface area contributed by atoms with Crippen LogP contribution in [0.4, 0.5) is 0 Å². The van der Waals surface area contributed by atoms with E-state index in [1.165, 1.54) is 11.3 Å². The third kappa shape index (κ3) is 4.23. The summed E-state index contributed by atoms with van der Waals surface area (Å²) in [6.45, 7) is 12.8. The summed E-state index contributed by atoms with van der Waals surface area (Å²) >= 11 is 1.57. The summed E-state index contributed by atoms with van der Waals surface area (Å²) in [4.78, 5) is 0. The van der Waals surface area contributed by atoms with E-state index in [2.05, 4.69) is 37.4 Å². The molecule has 2 heteroatoms. The Morgan fingerprint density at radius 3 is 1.86 bits per heavy atom. The summed E-state index contributed by atoms with van der Waals surface area (Å²) in [5, 5.41) is 2.17. The fraction of sp³-hybridized carbons (Fsp3) is 0.750. The molecule has 0 bridgehead atoms. The van der Waals surface area contributed by atoms with Crippen LogP contribution in [0.3, 0.4) is 0 Å². The van der Waals surface area contributed by atoms with Crippen LogP contribution in [0.2, 0.25) is 0 Å². The van der Waals surface area contributed by atoms with Crippen molar-refractivity contribution < 1.29 is 0 Å². The van der Waals surface area contributed by atoms with Crippen LogP contribution in [0.15, 0.2) is 5.38 Å². The van der Waals surface area contributed by atoms with E-state index < -0.39 is 0 Å². The topological polar surface area (TPSA) is 12.9 Å². The van der Waals surface area contributed by atoms with Crippen molar-refractivity contribution >= 4 is 11.5 Å². The van der Waals surface area contributed by atoms with Gasteiger partial charge in [-0.3, -0.25) is 0 Å². The van der Waals surface area contributed by atoms with Crippen LogP contribution in [-0.4, -0.2) is 4.37 Å². The summed E-state index contributed by atoms with van der Waals surface area (Å²) in [6.07, 6.45) is 0. The maximum absolute atomic E-state index is 4.38. The second-order valence-corrected chi connectivity index (χ2v) is 4.09. The Balaban J connectivity index is 0. The minimum Gasteiger partial charge on any atom is -0.197 e. The number of nitrogens with zero attached hydrogens (tertiary/aromatic N) is 1. The molecule has 1 heterocycles. The Kier molecular flexibility index (Phi) is 9.16. The van der Waals surface area contributed by atoms with Crippen molar-refractivity contribution in [3.63, 3.8) is 0 Å². The minimum absolute atomic E-state index is 0. The highest BCUT2D eigenvalue weighted by molar-refractivity contribution is 7.03. The van der Waals surface area contributed by atoms with E-state index in [1.807, 2.05) is 13.8 Å². The van der Waals surface area contributed by atoms with Gasteiger partial charge >= 0.3 is 0 Å². The van der Waals surface area contributed by atoms with Crippen molar-refractivity contribution in [3.05, 3.63) is 16.6 Å². The van der Waals surface area contributed by atoms with Gasteiger partial charge in [-0.05, 0) is 28.9 Å². The van der Waals surface area contributed by atoms with Crippen LogP contribution in [-0.2, 0) is 0 Å². The first-order valence-electron chi connectivity index (χ1n) is 5.07. The van der Waals surface area contributed by atoms with E-state index in [9.17, 15) is 0 Å². The van der Waals surface area contributed by atoms with Crippen molar-refractivity contribution in [2.24, 2.45) is 0 Å². The molecule has 0 saturated carbocycles. The van der Waals surface area contributed by atoms with E-state index in [0.29, 0.717) is 11.8 Å². The average molecular weight is 215 g/mol. The van der Waals surface area contributed by atoms with Crippen LogP contribution < -0.4 is 0 Å². The number of aromatic nitrogens is 1. The van der Waals surface area contributed by atoms with Gasteiger partial charge < -0.3 is 0 Å². The average Bonchev–Trinajstić information content (AvgIpc) is 2.55. The molecule has 1 rings (SSSR count). The lowest BCUT2D eigenvalue weighted by molar-refractivity contribution is 0.776. The molecule has 0 amide bonds. The summed E-state index contributed by atoms with van der Waals surface area (Å²) in [7, 11) is 0. The summed E-state index contributed by atoms with van der Waals surface area (Å²) in [6, 6.07) is 0. The molecule has 1 aromatic rings. The first kappa shape index (κ1) is 16.1. The van der Waals surface area contributed by atoms with Crippen LogP contribution >= 0.6 is 11.5 Å². The highest BCUT2D eigenvalue weighted by Gasteiger charge is 2.11. The largest absolute Gasteiger partial charge is 0.197 e. The standard InChI is InChI=1S/C9H15NS.C2H6.CH4/c1-6(2)8-5-11-10-9(8)7(3)4;1-2;/h5-7H,1-4H3;1-2H3;1H4. The van der Waals surface area contributed by atoms with Gasteiger partial charge in [0, 0.05) is 5.38 Å². The fourth-order valence-electron chi connectivity index (χ4n) is 1.12. The first-order valence-corrected chi connectivity index (χ1v) is 5.90. The SMILES string of the molecule is C.CC.CC(C)c1csnc1C(C)C. The molecular formula is C12H25NS. The normalized spacial score (nSPS) is 9.43. The molecule has 0 aromatic carbocycles. The molecule has 1 nitrogen and oxygen atoms in total. The number of hydrogen-bond donors (Lipinski definition) is 0. The van der Waals surface area contributed by atoms with Crippen LogP contribution in [0, 0.1) is 0 Å². The number of hydrogen-bond acceptors (Lipinski definition) is 2. The Bertz CT molecular complexity index is 203. The van der Waals surface area contributed by atoms with Gasteiger partial charge in [0.2, 0.25) is 0 Å². The van der Waals surface area contributed by atoms with Gasteiger partial charge in [0.05, 0.1) is 5.69 Å². The molecule has 1 aromatic heterocycles. The molecule has 84 valence electrons. The summed E-state index contributed by atoms with van der Waals surface area (Å²) in [5.41, 5.74) is 2.70. The predicted molar refractivity (Wildman–Crippen MR) is 68.4 cm³/mol. The zero-order chi connectivity index (χ0) is 10.4. The zero-order valence-electron chi connectivity index (χ0n) is 9.59. The monoisotopic (exact) mass is 215 g/mol. The molecule has 0 N–H and O–H groups in total. The van der Waals surface area contributed by atoms with Gasteiger partial charge in [-0.2, -0.15) is 4.37 Å². The maximum atomic E-state index is 4.38. The van der Waals surface area contributed by atoms with E-state index in [0.717, 1.165) is 0 Å². The van der Waals surface area contributed by atoms with Crippen molar-refractivity contribution in [3.8, 4) is 0 Å². The molecule has 0 atom stereocenters. The van der Waals surface area contributed by atoms with Crippen molar-refractivity contribution in [1.29, 1.82) is 0 Å². The van der Waals surface area contributed by atoms with Gasteiger partial charge in [-0.1, -0.05) is 49.0 Å². The van der Waals surface area contributed by atoms with Crippen molar-refractivity contribution in [2.75, 3.05) is 0 Å². The predicted octanol–water partition coefficient (Wildman–Crippen LogP) is 5.05. The molecule has 0 aliphatic carbocycles. The Morgan fingerprint density at radius 1 is 1.07 bits per heavy atom. The lowest BCUT2D eigenvalue weighted by Gasteiger charge is -2.07. The van der Waals surface area contributed by atoms with E-state index in [4.69, 9.17) is 0 Å². The smallest absolute Gasteiger partial charge is 0.0602 e. The molecule has 0 aliphatic rings. The Labute approximate surface area is 93.7 Å². The Hall–Kier alpha value is -0.370. The molecule has 0 aliphatic heterocycles. The van der Waals surface area contributed by atoms with Crippen LogP contribution in [0.1, 0.15) is 72.1 Å². The molecule has 0 radical (unpaired) electrons. The first-order chi connectivity index (χ1) is 6.13. The highest BCUT2D eigenvalue weighted by Crippen LogP contribution is 2.26. The second kappa shape index (κ2) is 7.98. The minimum atomic E-state index is 0. The van der Waals surface area contributed by atoms with E-state index in [1.54, 1.807) is 11.5 Å². The maximum Gasteiger partial charge on any atom is 0.0602 e. The molecule has 14 heavy (non-hydrogen) atoms. The molecular weight excluding hydrogens is 190 g/mol. The van der Waals surface area contributed by atoms with Gasteiger partial charge in [-0.25, -0.2) is 0 Å². The lowest BCUT2D eigenvalue weighted by Crippen LogP contribution is -1.95. The molecule has 0 unspecified atom stereocenters. The van der Waals surface area contributed by atoms with E-state index >= 15 is 0 Å². The summed E-state index contributed by atoms with van der Waals surface area (Å²) < 4.78 is 4.38. The van der Waals surface area contributed by atoms with Crippen LogP contribution in [0.25, 0.3) is 0 Å². The van der Waals surface area contributed by atoms with Gasteiger partial charge in [0.25, 0.3) is 0 Å². The lowest BCUT2D eigenvalue weighted by atomic mass is 9.98. The molecule has 0 spiro atoms. The van der Waals surface area contributed by atoms with E-state index in [-0.39, 0.29) is 7.43 Å². The molecule has 0 fully saturated rings. The van der Waals surface area contributed by atoms with Crippen LogP contribution in [0.5, 0.6) is 0 Å². The number of rotatable bonds is 2. The van der Waals surface area contributed by atoms with Gasteiger partial charge in [-0.15, -0.1) is 0 Å². The summed E-state index contributed by atoms with van der Waals surface area (Å²) in [5.74, 6) is 1.18. The van der Waals surface area contributed by atoms with Crippen molar-refractivity contribution in [2.45, 2.75) is 60.8 Å². The Morgan fingerprint density at radius 2 is 1.57 bits per heavy atom. The second-order valence-electron chi connectivity index (χ2n) is 3.46. The third-order valence-electron chi connectivity index (χ3n) is 1.80. The fourth-order valence-corrected chi connectivity index (χ4v) is 2.11. The molecule has 0 saturated heterocycles. The van der Waals surface area contributed by atoms with Gasteiger partial charge in [0.15, 0.2) is 0 Å². The van der Waals surface area contributed by atoms with Crippen molar-refractivity contribution in [1.82, 2.24) is 4.37 Å².